The fourth-order valence-electron chi connectivity index (χ4n) is 1.69. The maximum atomic E-state index is 11.8. The summed E-state index contributed by atoms with van der Waals surface area (Å²) in [5.74, 6) is -1.35. The minimum atomic E-state index is -1.01. The number of amides is 1. The van der Waals surface area contributed by atoms with Gasteiger partial charge in [-0.15, -0.1) is 0 Å². The van der Waals surface area contributed by atoms with Crippen LogP contribution in [0, 0.1) is 0 Å². The van der Waals surface area contributed by atoms with Crippen LogP contribution in [-0.2, 0) is 11.2 Å². The van der Waals surface area contributed by atoms with Crippen molar-refractivity contribution in [3.8, 4) is 0 Å². The van der Waals surface area contributed by atoms with Gasteiger partial charge in [0.25, 0.3) is 5.91 Å². The summed E-state index contributed by atoms with van der Waals surface area (Å²) in [7, 11) is 0. The van der Waals surface area contributed by atoms with E-state index in [4.69, 9.17) is 5.11 Å². The molecule has 1 aromatic rings. The van der Waals surface area contributed by atoms with E-state index in [1.807, 2.05) is 12.1 Å². The van der Waals surface area contributed by atoms with Crippen LogP contribution in [0.25, 0.3) is 0 Å². The van der Waals surface area contributed by atoms with Gasteiger partial charge in [0, 0.05) is 5.56 Å². The van der Waals surface area contributed by atoms with Crippen LogP contribution >= 0.6 is 0 Å². The van der Waals surface area contributed by atoms with Gasteiger partial charge in [0.1, 0.15) is 6.04 Å². The zero-order valence-electron chi connectivity index (χ0n) is 10.8. The minimum absolute atomic E-state index is 0.340. The third kappa shape index (κ3) is 3.87. The first-order valence-corrected chi connectivity index (χ1v) is 6.21. The molecule has 0 bridgehead atoms. The molecule has 1 unspecified atom stereocenters. The van der Waals surface area contributed by atoms with Gasteiger partial charge in [-0.3, -0.25) is 4.79 Å². The summed E-state index contributed by atoms with van der Waals surface area (Å²) in [6, 6.07) is 6.44. The fourth-order valence-corrected chi connectivity index (χ4v) is 1.69. The Morgan fingerprint density at radius 3 is 2.28 bits per heavy atom. The molecule has 0 spiro atoms. The molecule has 4 nitrogen and oxygen atoms in total. The molecule has 98 valence electrons. The van der Waals surface area contributed by atoms with E-state index in [1.165, 1.54) is 5.56 Å². The third-order valence-electron chi connectivity index (χ3n) is 2.77. The molecule has 2 N–H and O–H groups in total. The Balaban J connectivity index is 2.69. The molecule has 0 heterocycles. The van der Waals surface area contributed by atoms with Crippen LogP contribution in [0.3, 0.4) is 0 Å². The molecule has 0 aliphatic carbocycles. The Kier molecular flexibility index (Phi) is 5.36. The highest BCUT2D eigenvalue weighted by Gasteiger charge is 2.18. The lowest BCUT2D eigenvalue weighted by molar-refractivity contribution is -0.139. The van der Waals surface area contributed by atoms with Crippen molar-refractivity contribution in [1.82, 2.24) is 5.32 Å². The van der Waals surface area contributed by atoms with Gasteiger partial charge in [-0.2, -0.15) is 0 Å². The molecule has 0 fully saturated rings. The van der Waals surface area contributed by atoms with E-state index < -0.39 is 12.0 Å². The first kappa shape index (κ1) is 14.2. The summed E-state index contributed by atoms with van der Waals surface area (Å²) >= 11 is 0. The second kappa shape index (κ2) is 6.79. The average molecular weight is 249 g/mol. The smallest absolute Gasteiger partial charge is 0.326 e. The maximum Gasteiger partial charge on any atom is 0.326 e. The topological polar surface area (TPSA) is 66.4 Å². The van der Waals surface area contributed by atoms with E-state index in [2.05, 4.69) is 12.2 Å². The second-order valence-electron chi connectivity index (χ2n) is 4.22. The van der Waals surface area contributed by atoms with Gasteiger partial charge in [0.15, 0.2) is 0 Å². The highest BCUT2D eigenvalue weighted by atomic mass is 16.4. The Labute approximate surface area is 107 Å². The van der Waals surface area contributed by atoms with Crippen molar-refractivity contribution in [3.63, 3.8) is 0 Å². The summed E-state index contributed by atoms with van der Waals surface area (Å²) in [6.45, 7) is 3.82. The molecule has 0 aliphatic rings. The predicted molar refractivity (Wildman–Crippen MR) is 69.6 cm³/mol. The highest BCUT2D eigenvalue weighted by Crippen LogP contribution is 2.07. The summed E-state index contributed by atoms with van der Waals surface area (Å²) in [6.07, 6.45) is 2.41. The fraction of sp³-hybridized carbons (Fsp3) is 0.429. The molecule has 0 aliphatic heterocycles. The number of rotatable bonds is 6. The van der Waals surface area contributed by atoms with Gasteiger partial charge >= 0.3 is 5.97 Å². The zero-order valence-corrected chi connectivity index (χ0v) is 10.8. The van der Waals surface area contributed by atoms with E-state index in [0.717, 1.165) is 12.8 Å². The van der Waals surface area contributed by atoms with Gasteiger partial charge in [0.2, 0.25) is 0 Å². The van der Waals surface area contributed by atoms with Crippen LogP contribution in [0.4, 0.5) is 0 Å². The molecule has 1 atom stereocenters. The van der Waals surface area contributed by atoms with E-state index >= 15 is 0 Å². The predicted octanol–water partition coefficient (Wildman–Crippen LogP) is 2.23. The van der Waals surface area contributed by atoms with Crippen molar-refractivity contribution in [2.24, 2.45) is 0 Å². The lowest BCUT2D eigenvalue weighted by atomic mass is 10.1. The standard InChI is InChI=1S/C14H19NO3/c1-3-5-10-6-8-11(9-7-10)13(16)15-12(4-2)14(17)18/h6-9,12H,3-5H2,1-2H3,(H,15,16)(H,17,18). The van der Waals surface area contributed by atoms with Gasteiger partial charge in [-0.1, -0.05) is 32.4 Å². The number of hydrogen-bond acceptors (Lipinski definition) is 2. The Hall–Kier alpha value is -1.84. The van der Waals surface area contributed by atoms with Crippen molar-refractivity contribution in [3.05, 3.63) is 35.4 Å². The number of aliphatic carboxylic acids is 1. The van der Waals surface area contributed by atoms with E-state index in [9.17, 15) is 9.59 Å². The van der Waals surface area contributed by atoms with Crippen LogP contribution in [-0.4, -0.2) is 23.0 Å². The lowest BCUT2D eigenvalue weighted by Crippen LogP contribution is -2.40. The molecule has 0 saturated carbocycles. The summed E-state index contributed by atoms with van der Waals surface area (Å²) < 4.78 is 0. The third-order valence-corrected chi connectivity index (χ3v) is 2.77. The average Bonchev–Trinajstić information content (AvgIpc) is 2.36. The number of aryl methyl sites for hydroxylation is 1. The molecule has 18 heavy (non-hydrogen) atoms. The van der Waals surface area contributed by atoms with E-state index in [-0.39, 0.29) is 5.91 Å². The van der Waals surface area contributed by atoms with E-state index in [1.54, 1.807) is 19.1 Å². The molecule has 4 heteroatoms. The summed E-state index contributed by atoms with van der Waals surface area (Å²) in [5.41, 5.74) is 1.67. The monoisotopic (exact) mass is 249 g/mol. The number of carbonyl (C=O) groups excluding carboxylic acids is 1. The largest absolute Gasteiger partial charge is 0.480 e. The molecule has 1 amide bonds. The van der Waals surface area contributed by atoms with Crippen LogP contribution in [0.1, 0.15) is 42.6 Å². The van der Waals surface area contributed by atoms with Crippen molar-refractivity contribution in [1.29, 1.82) is 0 Å². The van der Waals surface area contributed by atoms with E-state index in [0.29, 0.717) is 12.0 Å². The van der Waals surface area contributed by atoms with Crippen LogP contribution in [0.2, 0.25) is 0 Å². The van der Waals surface area contributed by atoms with Crippen molar-refractivity contribution >= 4 is 11.9 Å². The number of carbonyl (C=O) groups is 2. The Morgan fingerprint density at radius 1 is 1.22 bits per heavy atom. The number of nitrogens with one attached hydrogen (secondary N) is 1. The zero-order chi connectivity index (χ0) is 13.5. The van der Waals surface area contributed by atoms with Gasteiger partial charge in [-0.25, -0.2) is 4.79 Å². The molecule has 0 radical (unpaired) electrons. The van der Waals surface area contributed by atoms with Gasteiger partial charge in [-0.05, 0) is 30.5 Å². The first-order valence-electron chi connectivity index (χ1n) is 6.21. The number of carboxylic acids is 1. The van der Waals surface area contributed by atoms with Crippen LogP contribution in [0.5, 0.6) is 0 Å². The lowest BCUT2D eigenvalue weighted by Gasteiger charge is -2.12. The molecular formula is C14H19NO3. The molecule has 1 aromatic carbocycles. The normalized spacial score (nSPS) is 11.9. The van der Waals surface area contributed by atoms with Gasteiger partial charge in [0.05, 0.1) is 0 Å². The van der Waals surface area contributed by atoms with Crippen LogP contribution in [0.15, 0.2) is 24.3 Å². The quantitative estimate of drug-likeness (QED) is 0.812. The number of hydrogen-bond donors (Lipinski definition) is 2. The Morgan fingerprint density at radius 2 is 1.83 bits per heavy atom. The molecule has 0 aromatic heterocycles. The Bertz CT molecular complexity index is 412. The number of carboxylic acid groups (broad SMARTS) is 1. The minimum Gasteiger partial charge on any atom is -0.480 e. The second-order valence-corrected chi connectivity index (χ2v) is 4.22. The maximum absolute atomic E-state index is 11.8. The van der Waals surface area contributed by atoms with Crippen molar-refractivity contribution in [2.75, 3.05) is 0 Å². The van der Waals surface area contributed by atoms with Crippen molar-refractivity contribution in [2.45, 2.75) is 39.2 Å². The SMILES string of the molecule is CCCc1ccc(C(=O)NC(CC)C(=O)O)cc1. The summed E-state index contributed by atoms with van der Waals surface area (Å²) in [4.78, 5) is 22.6. The van der Waals surface area contributed by atoms with Gasteiger partial charge < -0.3 is 10.4 Å². The van der Waals surface area contributed by atoms with Crippen molar-refractivity contribution < 1.29 is 14.7 Å². The molecule has 1 rings (SSSR count). The number of benzene rings is 1. The summed E-state index contributed by atoms with van der Waals surface area (Å²) in [5, 5.41) is 11.4. The van der Waals surface area contributed by atoms with Crippen LogP contribution < -0.4 is 5.32 Å². The molecular weight excluding hydrogens is 230 g/mol. The first-order chi connectivity index (χ1) is 8.58. The highest BCUT2D eigenvalue weighted by molar-refractivity contribution is 5.96. The molecule has 0 saturated heterocycles.